The molecule has 0 amide bonds. The molecule has 0 radical (unpaired) electrons. The van der Waals surface area contributed by atoms with Crippen LogP contribution in [0.1, 0.15) is 13.8 Å². The number of rotatable bonds is 0. The molecule has 3 nitrogen and oxygen atoms in total. The number of aliphatic hydroxyl groups is 1. The molecule has 0 aromatic heterocycles. The van der Waals surface area contributed by atoms with Gasteiger partial charge in [0.25, 0.3) is 0 Å². The van der Waals surface area contributed by atoms with Crippen LogP contribution in [0.2, 0.25) is 0 Å². The van der Waals surface area contributed by atoms with Crippen molar-refractivity contribution >= 4 is 0 Å². The van der Waals surface area contributed by atoms with Crippen LogP contribution in [0.15, 0.2) is 12.2 Å². The fourth-order valence-corrected chi connectivity index (χ4v) is 1.56. The molecule has 1 saturated heterocycles. The van der Waals surface area contributed by atoms with Crippen molar-refractivity contribution in [2.75, 3.05) is 0 Å². The topological polar surface area (TPSA) is 38.7 Å². The van der Waals surface area contributed by atoms with E-state index in [1.807, 2.05) is 19.9 Å². The predicted molar refractivity (Wildman–Crippen MR) is 39.0 cm³/mol. The highest BCUT2D eigenvalue weighted by Crippen LogP contribution is 2.34. The summed E-state index contributed by atoms with van der Waals surface area (Å²) >= 11 is 0. The lowest BCUT2D eigenvalue weighted by atomic mass is 10.2. The smallest absolute Gasteiger partial charge is 0.164 e. The van der Waals surface area contributed by atoms with Crippen molar-refractivity contribution in [2.45, 2.75) is 37.9 Å². The number of hydrogen-bond acceptors (Lipinski definition) is 3. The van der Waals surface area contributed by atoms with Crippen molar-refractivity contribution in [3.05, 3.63) is 12.2 Å². The predicted octanol–water partition coefficient (Wildman–Crippen LogP) is 0.437. The molecule has 1 heterocycles. The van der Waals surface area contributed by atoms with Gasteiger partial charge < -0.3 is 14.6 Å². The van der Waals surface area contributed by atoms with E-state index in [0.29, 0.717) is 0 Å². The maximum atomic E-state index is 9.34. The molecule has 1 N–H and O–H groups in total. The van der Waals surface area contributed by atoms with E-state index in [1.54, 1.807) is 6.08 Å². The average Bonchev–Trinajstić information content (AvgIpc) is 2.31. The van der Waals surface area contributed by atoms with Gasteiger partial charge >= 0.3 is 0 Å². The van der Waals surface area contributed by atoms with Crippen LogP contribution in [0.4, 0.5) is 0 Å². The summed E-state index contributed by atoms with van der Waals surface area (Å²) in [6.45, 7) is 3.71. The van der Waals surface area contributed by atoms with Crippen LogP contribution in [0.3, 0.4) is 0 Å². The van der Waals surface area contributed by atoms with E-state index in [-0.39, 0.29) is 12.2 Å². The number of fused-ring (bicyclic) bond motifs is 1. The molecule has 1 fully saturated rings. The Labute approximate surface area is 65.6 Å². The lowest BCUT2D eigenvalue weighted by Gasteiger charge is -2.18. The zero-order chi connectivity index (χ0) is 8.06. The van der Waals surface area contributed by atoms with Crippen LogP contribution < -0.4 is 0 Å². The molecular weight excluding hydrogens is 144 g/mol. The van der Waals surface area contributed by atoms with Gasteiger partial charge in [0.1, 0.15) is 18.3 Å². The largest absolute Gasteiger partial charge is 0.386 e. The second-order valence-electron chi connectivity index (χ2n) is 3.44. The molecule has 2 rings (SSSR count). The third-order valence-electron chi connectivity index (χ3n) is 2.00. The third-order valence-corrected chi connectivity index (χ3v) is 2.00. The normalized spacial score (nSPS) is 46.3. The highest BCUT2D eigenvalue weighted by Gasteiger charge is 2.45. The van der Waals surface area contributed by atoms with Crippen LogP contribution in [-0.4, -0.2) is 29.2 Å². The molecule has 3 heteroatoms. The molecule has 2 aliphatic rings. The van der Waals surface area contributed by atoms with Crippen molar-refractivity contribution < 1.29 is 14.6 Å². The van der Waals surface area contributed by atoms with E-state index in [9.17, 15) is 5.11 Å². The zero-order valence-electron chi connectivity index (χ0n) is 6.65. The number of ether oxygens (including phenoxy) is 2. The fourth-order valence-electron chi connectivity index (χ4n) is 1.56. The molecule has 3 atom stereocenters. The van der Waals surface area contributed by atoms with Crippen molar-refractivity contribution in [2.24, 2.45) is 0 Å². The summed E-state index contributed by atoms with van der Waals surface area (Å²) in [6.07, 6.45) is 2.82. The Bertz CT molecular complexity index is 198. The number of hydrogen-bond donors (Lipinski definition) is 1. The van der Waals surface area contributed by atoms with Gasteiger partial charge in [0.05, 0.1) is 0 Å². The summed E-state index contributed by atoms with van der Waals surface area (Å²) in [7, 11) is 0. The molecule has 0 aromatic carbocycles. The average molecular weight is 156 g/mol. The highest BCUT2D eigenvalue weighted by atomic mass is 16.8. The van der Waals surface area contributed by atoms with Crippen LogP contribution in [-0.2, 0) is 9.47 Å². The van der Waals surface area contributed by atoms with Gasteiger partial charge in [-0.05, 0) is 13.8 Å². The van der Waals surface area contributed by atoms with Gasteiger partial charge in [-0.2, -0.15) is 0 Å². The highest BCUT2D eigenvalue weighted by molar-refractivity contribution is 5.13. The lowest BCUT2D eigenvalue weighted by molar-refractivity contribution is -0.152. The Morgan fingerprint density at radius 3 is 2.64 bits per heavy atom. The van der Waals surface area contributed by atoms with Crippen molar-refractivity contribution in [1.82, 2.24) is 0 Å². The van der Waals surface area contributed by atoms with Crippen LogP contribution in [0.5, 0.6) is 0 Å². The van der Waals surface area contributed by atoms with Gasteiger partial charge in [-0.3, -0.25) is 0 Å². The van der Waals surface area contributed by atoms with Crippen molar-refractivity contribution in [1.29, 1.82) is 0 Å². The summed E-state index contributed by atoms with van der Waals surface area (Å²) in [5.74, 6) is -0.541. The second-order valence-corrected chi connectivity index (χ2v) is 3.44. The molecule has 1 unspecified atom stereocenters. The summed E-state index contributed by atoms with van der Waals surface area (Å²) in [5, 5.41) is 9.34. The molecule has 0 spiro atoms. The Morgan fingerprint density at radius 1 is 1.27 bits per heavy atom. The summed E-state index contributed by atoms with van der Waals surface area (Å²) in [4.78, 5) is 0. The first-order chi connectivity index (χ1) is 5.08. The van der Waals surface area contributed by atoms with E-state index in [2.05, 4.69) is 0 Å². The quantitative estimate of drug-likeness (QED) is 0.517. The third kappa shape index (κ3) is 1.09. The Hall–Kier alpha value is -0.380. The molecule has 1 aliphatic heterocycles. The van der Waals surface area contributed by atoms with E-state index in [1.165, 1.54) is 0 Å². The van der Waals surface area contributed by atoms with E-state index in [0.717, 1.165) is 0 Å². The SMILES string of the molecule is CC1(C)O[C@H]2C=CC(O)[C@H]2O1. The zero-order valence-corrected chi connectivity index (χ0v) is 6.65. The maximum absolute atomic E-state index is 9.34. The second kappa shape index (κ2) is 2.06. The molecule has 0 aromatic rings. The van der Waals surface area contributed by atoms with Crippen molar-refractivity contribution in [3.8, 4) is 0 Å². The lowest BCUT2D eigenvalue weighted by Crippen LogP contribution is -2.28. The summed E-state index contributed by atoms with van der Waals surface area (Å²) in [6, 6.07) is 0. The van der Waals surface area contributed by atoms with Crippen LogP contribution in [0.25, 0.3) is 0 Å². The molecule has 62 valence electrons. The van der Waals surface area contributed by atoms with Gasteiger partial charge in [-0.15, -0.1) is 0 Å². The van der Waals surface area contributed by atoms with Crippen LogP contribution in [0, 0.1) is 0 Å². The first-order valence-corrected chi connectivity index (χ1v) is 3.80. The Morgan fingerprint density at radius 2 is 2.00 bits per heavy atom. The molecule has 1 aliphatic carbocycles. The van der Waals surface area contributed by atoms with Gasteiger partial charge in [0, 0.05) is 0 Å². The first-order valence-electron chi connectivity index (χ1n) is 3.80. The molecule has 11 heavy (non-hydrogen) atoms. The van der Waals surface area contributed by atoms with Gasteiger partial charge in [0.2, 0.25) is 0 Å². The van der Waals surface area contributed by atoms with Gasteiger partial charge in [0.15, 0.2) is 5.79 Å². The first kappa shape index (κ1) is 7.28. The van der Waals surface area contributed by atoms with Gasteiger partial charge in [-0.1, -0.05) is 12.2 Å². The fraction of sp³-hybridized carbons (Fsp3) is 0.750. The number of aliphatic hydroxyl groups excluding tert-OH is 1. The molecule has 0 bridgehead atoms. The Balaban J connectivity index is 2.15. The monoisotopic (exact) mass is 156 g/mol. The minimum absolute atomic E-state index is 0.0556. The van der Waals surface area contributed by atoms with E-state index >= 15 is 0 Å². The Kier molecular flexibility index (Phi) is 1.36. The minimum Gasteiger partial charge on any atom is -0.386 e. The summed E-state index contributed by atoms with van der Waals surface area (Å²) in [5.41, 5.74) is 0. The van der Waals surface area contributed by atoms with Gasteiger partial charge in [-0.25, -0.2) is 0 Å². The summed E-state index contributed by atoms with van der Waals surface area (Å²) < 4.78 is 10.9. The van der Waals surface area contributed by atoms with E-state index < -0.39 is 11.9 Å². The maximum Gasteiger partial charge on any atom is 0.164 e. The molecular formula is C8H12O3. The molecule has 0 saturated carbocycles. The van der Waals surface area contributed by atoms with Crippen LogP contribution >= 0.6 is 0 Å². The van der Waals surface area contributed by atoms with Crippen molar-refractivity contribution in [3.63, 3.8) is 0 Å². The standard InChI is InChI=1S/C8H12O3/c1-8(2)10-6-4-3-5(9)7(6)11-8/h3-7,9H,1-2H3/t5?,6-,7+/m0/s1. The minimum atomic E-state index is -0.541. The van der Waals surface area contributed by atoms with E-state index in [4.69, 9.17) is 9.47 Å².